The highest BCUT2D eigenvalue weighted by molar-refractivity contribution is 4.86. The average Bonchev–Trinajstić information content (AvgIpc) is 2.92. The highest BCUT2D eigenvalue weighted by Gasteiger charge is 2.19. The Hall–Kier alpha value is -0.340. The Morgan fingerprint density at radius 1 is 1.13 bits per heavy atom. The molecule has 2 nitrogen and oxygen atoms in total. The van der Waals surface area contributed by atoms with Crippen LogP contribution >= 0.6 is 0 Å². The first-order valence-corrected chi connectivity index (χ1v) is 6.45. The number of allylic oxidation sites excluding steroid dienone is 1. The molecule has 1 saturated heterocycles. The Labute approximate surface area is 93.1 Å². The van der Waals surface area contributed by atoms with Gasteiger partial charge >= 0.3 is 0 Å². The normalized spacial score (nSPS) is 26.5. The standard InChI is InChI=1S/C13H23NO/c1(2-4-10-14-12-8-9-12)3-6-13-7-5-11-15-13/h1-2,12-14H,3-11H2. The van der Waals surface area contributed by atoms with Gasteiger partial charge in [-0.2, -0.15) is 0 Å². The molecule has 0 amide bonds. The van der Waals surface area contributed by atoms with E-state index in [9.17, 15) is 0 Å². The first kappa shape index (κ1) is 11.2. The monoisotopic (exact) mass is 209 g/mol. The van der Waals surface area contributed by atoms with Crippen LogP contribution in [0.1, 0.15) is 44.9 Å². The maximum absolute atomic E-state index is 5.57. The lowest BCUT2D eigenvalue weighted by Crippen LogP contribution is -2.16. The zero-order valence-electron chi connectivity index (χ0n) is 9.58. The maximum atomic E-state index is 5.57. The average molecular weight is 209 g/mol. The van der Waals surface area contributed by atoms with Gasteiger partial charge in [-0.25, -0.2) is 0 Å². The van der Waals surface area contributed by atoms with Crippen molar-refractivity contribution in [2.45, 2.75) is 57.1 Å². The molecular weight excluding hydrogens is 186 g/mol. The minimum absolute atomic E-state index is 0.555. The van der Waals surface area contributed by atoms with Crippen molar-refractivity contribution in [1.29, 1.82) is 0 Å². The summed E-state index contributed by atoms with van der Waals surface area (Å²) < 4.78 is 5.57. The molecule has 1 unspecified atom stereocenters. The van der Waals surface area contributed by atoms with Crippen LogP contribution in [0.15, 0.2) is 12.2 Å². The first-order valence-electron chi connectivity index (χ1n) is 6.45. The van der Waals surface area contributed by atoms with Crippen molar-refractivity contribution in [2.75, 3.05) is 13.2 Å². The van der Waals surface area contributed by atoms with Crippen molar-refractivity contribution < 1.29 is 4.74 Å². The second-order valence-corrected chi connectivity index (χ2v) is 4.70. The molecule has 1 N–H and O–H groups in total. The van der Waals surface area contributed by atoms with E-state index in [-0.39, 0.29) is 0 Å². The lowest BCUT2D eigenvalue weighted by Gasteiger charge is -2.05. The van der Waals surface area contributed by atoms with Crippen molar-refractivity contribution in [2.24, 2.45) is 0 Å². The quantitative estimate of drug-likeness (QED) is 0.514. The van der Waals surface area contributed by atoms with Gasteiger partial charge in [-0.05, 0) is 51.5 Å². The number of hydrogen-bond acceptors (Lipinski definition) is 2. The first-order chi connectivity index (χ1) is 7.45. The molecule has 0 spiro atoms. The highest BCUT2D eigenvalue weighted by Crippen LogP contribution is 2.18. The lowest BCUT2D eigenvalue weighted by molar-refractivity contribution is 0.105. The molecule has 1 saturated carbocycles. The van der Waals surface area contributed by atoms with Crippen LogP contribution < -0.4 is 5.32 Å². The summed E-state index contributed by atoms with van der Waals surface area (Å²) in [5, 5.41) is 3.51. The molecule has 0 aromatic heterocycles. The lowest BCUT2D eigenvalue weighted by atomic mass is 10.1. The van der Waals surface area contributed by atoms with E-state index >= 15 is 0 Å². The molecule has 2 heteroatoms. The Morgan fingerprint density at radius 3 is 2.73 bits per heavy atom. The van der Waals surface area contributed by atoms with Gasteiger partial charge < -0.3 is 10.1 Å². The van der Waals surface area contributed by atoms with E-state index in [0.29, 0.717) is 6.10 Å². The van der Waals surface area contributed by atoms with Gasteiger partial charge in [0, 0.05) is 12.6 Å². The van der Waals surface area contributed by atoms with Crippen molar-refractivity contribution in [1.82, 2.24) is 5.32 Å². The van der Waals surface area contributed by atoms with Crippen LogP contribution in [0.2, 0.25) is 0 Å². The summed E-state index contributed by atoms with van der Waals surface area (Å²) in [5.74, 6) is 0. The van der Waals surface area contributed by atoms with Crippen LogP contribution in [-0.2, 0) is 4.74 Å². The number of nitrogens with one attached hydrogen (secondary N) is 1. The molecule has 0 aromatic rings. The van der Waals surface area contributed by atoms with E-state index in [2.05, 4.69) is 17.5 Å². The molecule has 1 atom stereocenters. The van der Waals surface area contributed by atoms with Crippen LogP contribution in [0.25, 0.3) is 0 Å². The maximum Gasteiger partial charge on any atom is 0.0579 e. The van der Waals surface area contributed by atoms with Gasteiger partial charge in [0.15, 0.2) is 0 Å². The van der Waals surface area contributed by atoms with Gasteiger partial charge in [-0.1, -0.05) is 12.2 Å². The molecule has 2 fully saturated rings. The summed E-state index contributed by atoms with van der Waals surface area (Å²) in [6.45, 7) is 2.14. The third kappa shape index (κ3) is 4.80. The summed E-state index contributed by atoms with van der Waals surface area (Å²) in [7, 11) is 0. The van der Waals surface area contributed by atoms with Gasteiger partial charge in [-0.15, -0.1) is 0 Å². The van der Waals surface area contributed by atoms with E-state index in [1.807, 2.05) is 0 Å². The Balaban J connectivity index is 1.40. The second kappa shape index (κ2) is 6.29. The van der Waals surface area contributed by atoms with Gasteiger partial charge in [-0.3, -0.25) is 0 Å². The van der Waals surface area contributed by atoms with E-state index in [0.717, 1.165) is 19.2 Å². The van der Waals surface area contributed by atoms with Crippen LogP contribution in [-0.4, -0.2) is 25.3 Å². The fourth-order valence-electron chi connectivity index (χ4n) is 2.05. The molecule has 2 rings (SSSR count). The zero-order valence-corrected chi connectivity index (χ0v) is 9.58. The predicted molar refractivity (Wildman–Crippen MR) is 63.0 cm³/mol. The molecule has 0 bridgehead atoms. The summed E-state index contributed by atoms with van der Waals surface area (Å²) >= 11 is 0. The van der Waals surface area contributed by atoms with Crippen molar-refractivity contribution >= 4 is 0 Å². The molecule has 2 aliphatic rings. The van der Waals surface area contributed by atoms with Crippen molar-refractivity contribution in [3.05, 3.63) is 12.2 Å². The minimum Gasteiger partial charge on any atom is -0.378 e. The summed E-state index contributed by atoms with van der Waals surface area (Å²) in [5.41, 5.74) is 0. The van der Waals surface area contributed by atoms with Gasteiger partial charge in [0.1, 0.15) is 0 Å². The Morgan fingerprint density at radius 2 is 2.00 bits per heavy atom. The summed E-state index contributed by atoms with van der Waals surface area (Å²) in [6, 6.07) is 0.852. The minimum atomic E-state index is 0.555. The number of hydrogen-bond donors (Lipinski definition) is 1. The van der Waals surface area contributed by atoms with Crippen molar-refractivity contribution in [3.63, 3.8) is 0 Å². The van der Waals surface area contributed by atoms with Crippen LogP contribution in [0.5, 0.6) is 0 Å². The molecule has 15 heavy (non-hydrogen) atoms. The zero-order chi connectivity index (χ0) is 10.3. The molecule has 1 heterocycles. The molecule has 0 aromatic carbocycles. The van der Waals surface area contributed by atoms with E-state index < -0.39 is 0 Å². The van der Waals surface area contributed by atoms with E-state index in [1.165, 1.54) is 44.9 Å². The number of rotatable bonds is 7. The van der Waals surface area contributed by atoms with Crippen molar-refractivity contribution in [3.8, 4) is 0 Å². The fraction of sp³-hybridized carbons (Fsp3) is 0.846. The second-order valence-electron chi connectivity index (χ2n) is 4.70. The van der Waals surface area contributed by atoms with Gasteiger partial charge in [0.2, 0.25) is 0 Å². The van der Waals surface area contributed by atoms with Gasteiger partial charge in [0.05, 0.1) is 6.10 Å². The van der Waals surface area contributed by atoms with Crippen LogP contribution in [0.3, 0.4) is 0 Å². The van der Waals surface area contributed by atoms with E-state index in [4.69, 9.17) is 4.74 Å². The largest absolute Gasteiger partial charge is 0.378 e. The molecule has 86 valence electrons. The fourth-order valence-corrected chi connectivity index (χ4v) is 2.05. The Kier molecular flexibility index (Phi) is 4.68. The van der Waals surface area contributed by atoms with Gasteiger partial charge in [0.25, 0.3) is 0 Å². The molecule has 1 aliphatic heterocycles. The smallest absolute Gasteiger partial charge is 0.0579 e. The summed E-state index contributed by atoms with van der Waals surface area (Å²) in [4.78, 5) is 0. The topological polar surface area (TPSA) is 21.3 Å². The van der Waals surface area contributed by atoms with E-state index in [1.54, 1.807) is 0 Å². The SMILES string of the molecule is C(=CCCC1CCCO1)CCNC1CC1. The number of ether oxygens (including phenoxy) is 1. The molecule has 1 aliphatic carbocycles. The molecule has 0 radical (unpaired) electrons. The third-order valence-corrected chi connectivity index (χ3v) is 3.17. The van der Waals surface area contributed by atoms with Crippen LogP contribution in [0.4, 0.5) is 0 Å². The third-order valence-electron chi connectivity index (χ3n) is 3.17. The summed E-state index contributed by atoms with van der Waals surface area (Å²) in [6.07, 6.45) is 14.1. The Bertz CT molecular complexity index is 193. The predicted octanol–water partition coefficient (Wildman–Crippen LogP) is 2.64. The molecular formula is C13H23NO. The highest BCUT2D eigenvalue weighted by atomic mass is 16.5. The van der Waals surface area contributed by atoms with Crippen LogP contribution in [0, 0.1) is 0 Å².